The van der Waals surface area contributed by atoms with Crippen LogP contribution in [0.1, 0.15) is 64.9 Å². The fourth-order valence-electron chi connectivity index (χ4n) is 3.12. The van der Waals surface area contributed by atoms with Crippen LogP contribution in [-0.4, -0.2) is 42.0 Å². The Balaban J connectivity index is 3.25. The molecular weight excluding hydrogens is 376 g/mol. The van der Waals surface area contributed by atoms with Crippen LogP contribution >= 0.6 is 0 Å². The summed E-state index contributed by atoms with van der Waals surface area (Å²) in [7, 11) is 2.73. The smallest absolute Gasteiger partial charge is 0.346 e. The minimum Gasteiger partial charge on any atom is -0.502 e. The Kier molecular flexibility index (Phi) is 9.51. The van der Waals surface area contributed by atoms with Gasteiger partial charge in [-0.25, -0.2) is 9.59 Å². The van der Waals surface area contributed by atoms with Crippen LogP contribution < -0.4 is 9.47 Å². The molecule has 0 amide bonds. The first-order valence-corrected chi connectivity index (χ1v) is 9.90. The number of ether oxygens (including phenoxy) is 3. The summed E-state index contributed by atoms with van der Waals surface area (Å²) in [6.07, 6.45) is 6.06. The lowest BCUT2D eigenvalue weighted by Crippen LogP contribution is -2.35. The molecule has 1 aromatic rings. The van der Waals surface area contributed by atoms with Gasteiger partial charge in [0, 0.05) is 0 Å². The van der Waals surface area contributed by atoms with Gasteiger partial charge in [-0.15, -0.1) is 0 Å². The first-order chi connectivity index (χ1) is 13.8. The van der Waals surface area contributed by atoms with E-state index < -0.39 is 23.1 Å². The Labute approximate surface area is 172 Å². The molecule has 0 radical (unpaired) electrons. The number of hydrogen-bond donors (Lipinski definition) is 2. The predicted octanol–water partition coefficient (Wildman–Crippen LogP) is 4.56. The Morgan fingerprint density at radius 2 is 1.59 bits per heavy atom. The van der Waals surface area contributed by atoms with Crippen LogP contribution in [0.15, 0.2) is 17.7 Å². The second kappa shape index (κ2) is 11.3. The van der Waals surface area contributed by atoms with Crippen molar-refractivity contribution in [2.45, 2.75) is 64.9 Å². The third kappa shape index (κ3) is 6.41. The summed E-state index contributed by atoms with van der Waals surface area (Å²) in [6, 6.07) is 2.84. The summed E-state index contributed by atoms with van der Waals surface area (Å²) in [4.78, 5) is 24.5. The molecular formula is C22H32O7. The molecule has 2 N–H and O–H groups in total. The van der Waals surface area contributed by atoms with E-state index in [0.717, 1.165) is 19.3 Å². The standard InChI is InChI=1S/C22H32O7/c1-6-9-10-11-22(7-2,8-3)29-21(26)16(20(24)25)12-15-13-17(27-4)19(23)18(14-15)28-5/h12-14,23H,6-11H2,1-5H3,(H,24,25)/b16-12+. The van der Waals surface area contributed by atoms with Crippen molar-refractivity contribution in [2.75, 3.05) is 14.2 Å². The Bertz CT molecular complexity index is 708. The number of phenolic OH excluding ortho intramolecular Hbond substituents is 1. The zero-order valence-corrected chi connectivity index (χ0v) is 17.9. The molecule has 7 nitrogen and oxygen atoms in total. The Morgan fingerprint density at radius 3 is 2.00 bits per heavy atom. The van der Waals surface area contributed by atoms with Gasteiger partial charge in [0.15, 0.2) is 11.5 Å². The molecule has 0 bridgehead atoms. The number of rotatable bonds is 12. The van der Waals surface area contributed by atoms with Crippen LogP contribution in [0, 0.1) is 0 Å². The van der Waals surface area contributed by atoms with Crippen molar-refractivity contribution in [3.05, 3.63) is 23.3 Å². The maximum absolute atomic E-state index is 12.7. The third-order valence-corrected chi connectivity index (χ3v) is 5.10. The second-order valence-electron chi connectivity index (χ2n) is 6.87. The highest BCUT2D eigenvalue weighted by molar-refractivity contribution is 6.17. The number of carboxylic acid groups (broad SMARTS) is 1. The summed E-state index contributed by atoms with van der Waals surface area (Å²) in [5, 5.41) is 19.6. The fraction of sp³-hybridized carbons (Fsp3) is 0.545. The van der Waals surface area contributed by atoms with Gasteiger partial charge in [-0.05, 0) is 49.5 Å². The number of carbonyl (C=O) groups is 2. The van der Waals surface area contributed by atoms with Gasteiger partial charge in [0.25, 0.3) is 0 Å². The molecule has 0 fully saturated rings. The summed E-state index contributed by atoms with van der Waals surface area (Å²) in [6.45, 7) is 5.96. The molecule has 7 heteroatoms. The third-order valence-electron chi connectivity index (χ3n) is 5.10. The van der Waals surface area contributed by atoms with Gasteiger partial charge in [0.1, 0.15) is 11.2 Å². The summed E-state index contributed by atoms with van der Waals surface area (Å²) in [5.41, 5.74) is -0.859. The van der Waals surface area contributed by atoms with Crippen molar-refractivity contribution in [3.63, 3.8) is 0 Å². The van der Waals surface area contributed by atoms with E-state index in [1.54, 1.807) is 0 Å². The highest BCUT2D eigenvalue weighted by Gasteiger charge is 2.33. The molecule has 0 saturated heterocycles. The zero-order chi connectivity index (χ0) is 22.0. The topological polar surface area (TPSA) is 102 Å². The lowest BCUT2D eigenvalue weighted by molar-refractivity contribution is -0.158. The van der Waals surface area contributed by atoms with E-state index in [2.05, 4.69) is 6.92 Å². The Morgan fingerprint density at radius 1 is 1.03 bits per heavy atom. The first kappa shape index (κ1) is 24.3. The molecule has 162 valence electrons. The average Bonchev–Trinajstić information content (AvgIpc) is 2.71. The van der Waals surface area contributed by atoms with E-state index >= 15 is 0 Å². The van der Waals surface area contributed by atoms with E-state index in [4.69, 9.17) is 14.2 Å². The molecule has 0 aliphatic rings. The molecule has 1 aromatic carbocycles. The van der Waals surface area contributed by atoms with Gasteiger partial charge < -0.3 is 24.4 Å². The van der Waals surface area contributed by atoms with Crippen molar-refractivity contribution in [1.29, 1.82) is 0 Å². The van der Waals surface area contributed by atoms with E-state index in [1.165, 1.54) is 32.4 Å². The molecule has 0 spiro atoms. The SMILES string of the molecule is CCCCCC(CC)(CC)OC(=O)/C(=C/c1cc(OC)c(O)c(OC)c1)C(=O)O. The maximum Gasteiger partial charge on any atom is 0.346 e. The van der Waals surface area contributed by atoms with Gasteiger partial charge in [0.05, 0.1) is 14.2 Å². The first-order valence-electron chi connectivity index (χ1n) is 9.90. The largest absolute Gasteiger partial charge is 0.502 e. The van der Waals surface area contributed by atoms with Crippen molar-refractivity contribution in [2.24, 2.45) is 0 Å². The maximum atomic E-state index is 12.7. The van der Waals surface area contributed by atoms with Gasteiger partial charge >= 0.3 is 11.9 Å². The van der Waals surface area contributed by atoms with Crippen LogP contribution in [-0.2, 0) is 14.3 Å². The Hall–Kier alpha value is -2.70. The van der Waals surface area contributed by atoms with Gasteiger partial charge in [-0.3, -0.25) is 0 Å². The van der Waals surface area contributed by atoms with E-state index in [9.17, 15) is 19.8 Å². The fourth-order valence-corrected chi connectivity index (χ4v) is 3.12. The summed E-state index contributed by atoms with van der Waals surface area (Å²) in [5.74, 6) is -2.28. The van der Waals surface area contributed by atoms with Gasteiger partial charge in [-0.1, -0.05) is 33.6 Å². The number of hydrogen-bond acceptors (Lipinski definition) is 6. The quantitative estimate of drug-likeness (QED) is 0.172. The molecule has 1 rings (SSSR count). The lowest BCUT2D eigenvalue weighted by atomic mass is 9.90. The number of aromatic hydroxyl groups is 1. The number of carboxylic acids is 1. The molecule has 0 heterocycles. The van der Waals surface area contributed by atoms with Crippen molar-refractivity contribution >= 4 is 18.0 Å². The molecule has 0 saturated carbocycles. The monoisotopic (exact) mass is 408 g/mol. The number of methoxy groups -OCH3 is 2. The van der Waals surface area contributed by atoms with E-state index in [-0.39, 0.29) is 17.2 Å². The molecule has 0 unspecified atom stereocenters. The number of benzene rings is 1. The average molecular weight is 408 g/mol. The highest BCUT2D eigenvalue weighted by atomic mass is 16.6. The molecule has 0 aromatic heterocycles. The van der Waals surface area contributed by atoms with Gasteiger partial charge in [0.2, 0.25) is 5.75 Å². The van der Waals surface area contributed by atoms with Crippen molar-refractivity contribution in [1.82, 2.24) is 0 Å². The number of esters is 1. The van der Waals surface area contributed by atoms with Crippen LogP contribution in [0.2, 0.25) is 0 Å². The highest BCUT2D eigenvalue weighted by Crippen LogP contribution is 2.38. The molecule has 0 atom stereocenters. The van der Waals surface area contributed by atoms with Crippen LogP contribution in [0.25, 0.3) is 6.08 Å². The number of aliphatic carboxylic acids is 1. The molecule has 0 aliphatic carbocycles. The number of carbonyl (C=O) groups excluding carboxylic acids is 1. The summed E-state index contributed by atoms with van der Waals surface area (Å²) < 4.78 is 15.9. The van der Waals surface area contributed by atoms with Crippen molar-refractivity contribution in [3.8, 4) is 17.2 Å². The predicted molar refractivity (Wildman–Crippen MR) is 110 cm³/mol. The lowest BCUT2D eigenvalue weighted by Gasteiger charge is -2.31. The van der Waals surface area contributed by atoms with E-state index in [0.29, 0.717) is 24.8 Å². The van der Waals surface area contributed by atoms with Crippen molar-refractivity contribution < 1.29 is 34.0 Å². The zero-order valence-electron chi connectivity index (χ0n) is 17.9. The number of unbranched alkanes of at least 4 members (excludes halogenated alkanes) is 2. The minimum atomic E-state index is -1.39. The number of phenols is 1. The normalized spacial score (nSPS) is 11.8. The summed E-state index contributed by atoms with van der Waals surface area (Å²) >= 11 is 0. The van der Waals surface area contributed by atoms with Crippen LogP contribution in [0.4, 0.5) is 0 Å². The second-order valence-corrected chi connectivity index (χ2v) is 6.87. The van der Waals surface area contributed by atoms with E-state index in [1.807, 2.05) is 13.8 Å². The van der Waals surface area contributed by atoms with Gasteiger partial charge in [-0.2, -0.15) is 0 Å². The van der Waals surface area contributed by atoms with Crippen LogP contribution in [0.5, 0.6) is 17.2 Å². The van der Waals surface area contributed by atoms with Crippen LogP contribution in [0.3, 0.4) is 0 Å². The molecule has 29 heavy (non-hydrogen) atoms. The minimum absolute atomic E-state index is 0.102. The molecule has 0 aliphatic heterocycles.